The van der Waals surface area contributed by atoms with E-state index in [0.29, 0.717) is 42.7 Å². The molecule has 9 heteroatoms. The molecule has 1 fully saturated rings. The lowest BCUT2D eigenvalue weighted by atomic mass is 10.2. The van der Waals surface area contributed by atoms with Crippen molar-refractivity contribution in [2.24, 2.45) is 0 Å². The van der Waals surface area contributed by atoms with E-state index in [1.807, 2.05) is 0 Å². The van der Waals surface area contributed by atoms with Crippen LogP contribution in [-0.4, -0.2) is 48.1 Å². The van der Waals surface area contributed by atoms with Crippen molar-refractivity contribution in [1.82, 2.24) is 19.4 Å². The molecule has 2 aliphatic rings. The molecule has 2 aromatic rings. The maximum Gasteiger partial charge on any atom is 0.272 e. The van der Waals surface area contributed by atoms with Gasteiger partial charge in [-0.15, -0.1) is 0 Å². The summed E-state index contributed by atoms with van der Waals surface area (Å²) in [5.74, 6) is 0.331. The van der Waals surface area contributed by atoms with Gasteiger partial charge in [-0.05, 0) is 30.5 Å². The van der Waals surface area contributed by atoms with Gasteiger partial charge in [0.05, 0.1) is 11.5 Å². The number of sulfonamides is 1. The van der Waals surface area contributed by atoms with Crippen LogP contribution in [0.5, 0.6) is 5.88 Å². The minimum absolute atomic E-state index is 0.283. The predicted molar refractivity (Wildman–Crippen MR) is 97.9 cm³/mol. The standard InChI is InChI=1S/C18H22N4O4S/c23-18(16-12-17-22(20-16)10-3-11-26-17)19-13-14-4-6-15(7-5-14)27(24,25)21-8-1-2-9-21/h4-7,12H,1-3,8-11,13H2,(H,19,23). The third-order valence-electron chi connectivity index (χ3n) is 4.82. The maximum atomic E-state index is 12.5. The highest BCUT2D eigenvalue weighted by atomic mass is 32.2. The highest BCUT2D eigenvalue weighted by molar-refractivity contribution is 7.89. The SMILES string of the molecule is O=C(NCc1ccc(S(=O)(=O)N2CCCC2)cc1)c1cc2n(n1)CCCO2. The van der Waals surface area contributed by atoms with E-state index in [2.05, 4.69) is 10.4 Å². The quantitative estimate of drug-likeness (QED) is 0.833. The number of nitrogens with zero attached hydrogens (tertiary/aromatic N) is 3. The number of aromatic nitrogens is 2. The van der Waals surface area contributed by atoms with Crippen LogP contribution in [0.2, 0.25) is 0 Å². The Morgan fingerprint density at radius 2 is 1.85 bits per heavy atom. The van der Waals surface area contributed by atoms with E-state index in [1.54, 1.807) is 35.0 Å². The van der Waals surface area contributed by atoms with Crippen LogP contribution in [0, 0.1) is 0 Å². The minimum atomic E-state index is -3.41. The lowest BCUT2D eigenvalue weighted by Gasteiger charge is -2.15. The van der Waals surface area contributed by atoms with Crippen molar-refractivity contribution >= 4 is 15.9 Å². The Balaban J connectivity index is 1.38. The van der Waals surface area contributed by atoms with Gasteiger partial charge >= 0.3 is 0 Å². The fourth-order valence-electron chi connectivity index (χ4n) is 3.31. The zero-order valence-electron chi connectivity index (χ0n) is 14.9. The fourth-order valence-corrected chi connectivity index (χ4v) is 4.82. The molecule has 0 bridgehead atoms. The summed E-state index contributed by atoms with van der Waals surface area (Å²) in [6, 6.07) is 8.28. The molecule has 0 atom stereocenters. The van der Waals surface area contributed by atoms with Crippen LogP contribution < -0.4 is 10.1 Å². The van der Waals surface area contributed by atoms with E-state index in [-0.39, 0.29) is 5.91 Å². The van der Waals surface area contributed by atoms with Gasteiger partial charge in [-0.3, -0.25) is 4.79 Å². The van der Waals surface area contributed by atoms with Crippen LogP contribution >= 0.6 is 0 Å². The maximum absolute atomic E-state index is 12.5. The molecule has 144 valence electrons. The molecule has 1 aromatic heterocycles. The Bertz CT molecular complexity index is 907. The second-order valence-electron chi connectivity index (χ2n) is 6.73. The Kier molecular flexibility index (Phi) is 4.88. The molecule has 0 aliphatic carbocycles. The van der Waals surface area contributed by atoms with Crippen LogP contribution in [0.4, 0.5) is 0 Å². The molecule has 8 nitrogen and oxygen atoms in total. The Morgan fingerprint density at radius 1 is 1.11 bits per heavy atom. The summed E-state index contributed by atoms with van der Waals surface area (Å²) in [6.07, 6.45) is 2.69. The predicted octanol–water partition coefficient (Wildman–Crippen LogP) is 1.38. The summed E-state index contributed by atoms with van der Waals surface area (Å²) in [5.41, 5.74) is 1.14. The first-order chi connectivity index (χ1) is 13.0. The number of aryl methyl sites for hydroxylation is 1. The molecule has 0 spiro atoms. The number of rotatable bonds is 5. The van der Waals surface area contributed by atoms with Gasteiger partial charge in [0.25, 0.3) is 5.91 Å². The van der Waals surface area contributed by atoms with Crippen molar-refractivity contribution in [3.05, 3.63) is 41.6 Å². The highest BCUT2D eigenvalue weighted by Gasteiger charge is 2.27. The average Bonchev–Trinajstić information content (AvgIpc) is 3.36. The number of carbonyl (C=O) groups excluding carboxylic acids is 1. The number of hydrogen-bond acceptors (Lipinski definition) is 5. The monoisotopic (exact) mass is 390 g/mol. The number of nitrogens with one attached hydrogen (secondary N) is 1. The molecule has 27 heavy (non-hydrogen) atoms. The van der Waals surface area contributed by atoms with Gasteiger partial charge in [0.2, 0.25) is 15.9 Å². The summed E-state index contributed by atoms with van der Waals surface area (Å²) in [5, 5.41) is 7.06. The van der Waals surface area contributed by atoms with Gasteiger partial charge < -0.3 is 10.1 Å². The van der Waals surface area contributed by atoms with Crippen molar-refractivity contribution < 1.29 is 17.9 Å². The van der Waals surface area contributed by atoms with Crippen molar-refractivity contribution in [1.29, 1.82) is 0 Å². The molecule has 0 radical (unpaired) electrons. The fraction of sp³-hybridized carbons (Fsp3) is 0.444. The van der Waals surface area contributed by atoms with Gasteiger partial charge in [-0.1, -0.05) is 12.1 Å². The smallest absolute Gasteiger partial charge is 0.272 e. The number of ether oxygens (including phenoxy) is 1. The normalized spacial score (nSPS) is 17.3. The molecule has 1 amide bonds. The van der Waals surface area contributed by atoms with Crippen LogP contribution in [0.1, 0.15) is 35.3 Å². The lowest BCUT2D eigenvalue weighted by Crippen LogP contribution is -2.28. The van der Waals surface area contributed by atoms with Crippen molar-refractivity contribution in [3.63, 3.8) is 0 Å². The second-order valence-corrected chi connectivity index (χ2v) is 8.67. The number of hydrogen-bond donors (Lipinski definition) is 1. The van der Waals surface area contributed by atoms with Crippen LogP contribution in [0.3, 0.4) is 0 Å². The molecule has 1 N–H and O–H groups in total. The van der Waals surface area contributed by atoms with E-state index in [1.165, 1.54) is 4.31 Å². The molecule has 3 heterocycles. The van der Waals surface area contributed by atoms with E-state index >= 15 is 0 Å². The first-order valence-corrected chi connectivity index (χ1v) is 10.6. The van der Waals surface area contributed by atoms with Gasteiger partial charge in [-0.2, -0.15) is 9.40 Å². The summed E-state index contributed by atoms with van der Waals surface area (Å²) in [7, 11) is -3.41. The van der Waals surface area contributed by atoms with Crippen molar-refractivity contribution in [2.75, 3.05) is 19.7 Å². The topological polar surface area (TPSA) is 93.5 Å². The molecule has 0 saturated carbocycles. The van der Waals surface area contributed by atoms with E-state index < -0.39 is 10.0 Å². The molecule has 0 unspecified atom stereocenters. The van der Waals surface area contributed by atoms with Crippen molar-refractivity contribution in [3.8, 4) is 5.88 Å². The van der Waals surface area contributed by atoms with Crippen LogP contribution in [0.25, 0.3) is 0 Å². The first kappa shape index (κ1) is 18.0. The zero-order valence-corrected chi connectivity index (χ0v) is 15.7. The molecule has 4 rings (SSSR count). The van der Waals surface area contributed by atoms with E-state index in [4.69, 9.17) is 4.74 Å². The summed E-state index contributed by atoms with van der Waals surface area (Å²) < 4.78 is 33.7. The Labute approximate surface area is 158 Å². The van der Waals surface area contributed by atoms with Crippen molar-refractivity contribution in [2.45, 2.75) is 37.2 Å². The first-order valence-electron chi connectivity index (χ1n) is 9.12. The molecular formula is C18H22N4O4S. The molecule has 2 aliphatic heterocycles. The van der Waals surface area contributed by atoms with Gasteiger partial charge in [-0.25, -0.2) is 13.1 Å². The number of benzene rings is 1. The number of amides is 1. The Hall–Kier alpha value is -2.39. The van der Waals surface area contributed by atoms with Gasteiger partial charge in [0.15, 0.2) is 5.69 Å². The van der Waals surface area contributed by atoms with E-state index in [0.717, 1.165) is 31.4 Å². The number of carbonyl (C=O) groups is 1. The summed E-state index contributed by atoms with van der Waals surface area (Å²) in [4.78, 5) is 12.6. The molecule has 1 aromatic carbocycles. The van der Waals surface area contributed by atoms with Gasteiger partial charge in [0, 0.05) is 38.7 Å². The highest BCUT2D eigenvalue weighted by Crippen LogP contribution is 2.21. The largest absolute Gasteiger partial charge is 0.478 e. The second kappa shape index (κ2) is 7.32. The van der Waals surface area contributed by atoms with Crippen LogP contribution in [0.15, 0.2) is 35.2 Å². The Morgan fingerprint density at radius 3 is 2.56 bits per heavy atom. The summed E-state index contributed by atoms with van der Waals surface area (Å²) >= 11 is 0. The number of fused-ring (bicyclic) bond motifs is 1. The third kappa shape index (κ3) is 3.70. The van der Waals surface area contributed by atoms with Gasteiger partial charge in [0.1, 0.15) is 0 Å². The summed E-state index contributed by atoms with van der Waals surface area (Å²) in [6.45, 7) is 2.85. The average molecular weight is 390 g/mol. The third-order valence-corrected chi connectivity index (χ3v) is 6.73. The van der Waals surface area contributed by atoms with Crippen LogP contribution in [-0.2, 0) is 23.1 Å². The minimum Gasteiger partial charge on any atom is -0.478 e. The molecule has 1 saturated heterocycles. The zero-order chi connectivity index (χ0) is 18.9. The lowest BCUT2D eigenvalue weighted by molar-refractivity contribution is 0.0945. The molecular weight excluding hydrogens is 368 g/mol. The van der Waals surface area contributed by atoms with E-state index in [9.17, 15) is 13.2 Å².